The molecule has 5 heteroatoms. The topological polar surface area (TPSA) is 45.2 Å². The third kappa shape index (κ3) is 5.73. The lowest BCUT2D eigenvalue weighted by molar-refractivity contribution is 0.0446. The molecule has 1 fully saturated rings. The summed E-state index contributed by atoms with van der Waals surface area (Å²) in [5, 5.41) is 10.3. The minimum absolute atomic E-state index is 0.289. The smallest absolute Gasteiger partial charge is 0.123 e. The van der Waals surface area contributed by atoms with Gasteiger partial charge in [0.25, 0.3) is 0 Å². The van der Waals surface area contributed by atoms with E-state index in [4.69, 9.17) is 9.47 Å². The molecule has 1 atom stereocenters. The predicted octanol–water partition coefficient (Wildman–Crippen LogP) is 2.25. The van der Waals surface area contributed by atoms with E-state index in [1.165, 1.54) is 5.56 Å². The predicted molar refractivity (Wildman–Crippen MR) is 103 cm³/mol. The van der Waals surface area contributed by atoms with Gasteiger partial charge in [-0.3, -0.25) is 9.80 Å². The minimum atomic E-state index is -0.498. The summed E-state index contributed by atoms with van der Waals surface area (Å²) in [6.07, 6.45) is -0.498. The maximum Gasteiger partial charge on any atom is 0.123 e. The van der Waals surface area contributed by atoms with Gasteiger partial charge in [0, 0.05) is 45.3 Å². The molecular weight excluding hydrogens is 328 g/mol. The standard InChI is InChI=1S/C21H28N2O3/c1-25-20-8-5-9-21(14-20)26-17-19(24)16-23-12-10-22(11-13-23)15-18-6-3-2-4-7-18/h2-9,14,19,24H,10-13,15-17H2,1H3/t19-/m1/s1. The summed E-state index contributed by atoms with van der Waals surface area (Å²) in [5.41, 5.74) is 1.35. The van der Waals surface area contributed by atoms with E-state index in [0.29, 0.717) is 6.54 Å². The molecule has 1 aliphatic rings. The van der Waals surface area contributed by atoms with Crippen LogP contribution in [0.3, 0.4) is 0 Å². The maximum atomic E-state index is 10.3. The number of nitrogens with zero attached hydrogens (tertiary/aromatic N) is 2. The van der Waals surface area contributed by atoms with Gasteiger partial charge >= 0.3 is 0 Å². The molecule has 0 bridgehead atoms. The Morgan fingerprint density at radius 1 is 0.923 bits per heavy atom. The molecule has 2 aromatic rings. The molecular formula is C21H28N2O3. The zero-order valence-electron chi connectivity index (χ0n) is 15.4. The van der Waals surface area contributed by atoms with E-state index in [1.54, 1.807) is 7.11 Å². The maximum absolute atomic E-state index is 10.3. The summed E-state index contributed by atoms with van der Waals surface area (Å²) in [5.74, 6) is 1.47. The van der Waals surface area contributed by atoms with Crippen LogP contribution in [0.5, 0.6) is 11.5 Å². The van der Waals surface area contributed by atoms with Crippen LogP contribution in [-0.4, -0.2) is 67.5 Å². The number of benzene rings is 2. The Labute approximate surface area is 155 Å². The van der Waals surface area contributed by atoms with Crippen molar-refractivity contribution in [1.29, 1.82) is 0 Å². The molecule has 0 spiro atoms. The number of aliphatic hydroxyl groups is 1. The van der Waals surface area contributed by atoms with Gasteiger partial charge in [-0.25, -0.2) is 0 Å². The van der Waals surface area contributed by atoms with Crippen LogP contribution in [0.25, 0.3) is 0 Å². The molecule has 3 rings (SSSR count). The Morgan fingerprint density at radius 3 is 2.35 bits per heavy atom. The van der Waals surface area contributed by atoms with E-state index >= 15 is 0 Å². The second-order valence-corrected chi connectivity index (χ2v) is 6.71. The molecule has 0 saturated carbocycles. The highest BCUT2D eigenvalue weighted by atomic mass is 16.5. The lowest BCUT2D eigenvalue weighted by Gasteiger charge is -2.35. The van der Waals surface area contributed by atoms with Crippen LogP contribution in [0.4, 0.5) is 0 Å². The highest BCUT2D eigenvalue weighted by Crippen LogP contribution is 2.19. The Bertz CT molecular complexity index is 657. The van der Waals surface area contributed by atoms with Crippen LogP contribution in [0, 0.1) is 0 Å². The first-order chi connectivity index (χ1) is 12.7. The number of hydrogen-bond acceptors (Lipinski definition) is 5. The first-order valence-electron chi connectivity index (χ1n) is 9.16. The van der Waals surface area contributed by atoms with Crippen LogP contribution >= 0.6 is 0 Å². The number of rotatable bonds is 8. The lowest BCUT2D eigenvalue weighted by atomic mass is 10.2. The highest BCUT2D eigenvalue weighted by molar-refractivity contribution is 5.32. The zero-order valence-corrected chi connectivity index (χ0v) is 15.4. The number of aliphatic hydroxyl groups excluding tert-OH is 1. The van der Waals surface area contributed by atoms with Crippen LogP contribution in [-0.2, 0) is 6.54 Å². The van der Waals surface area contributed by atoms with Crippen LogP contribution in [0.1, 0.15) is 5.56 Å². The van der Waals surface area contributed by atoms with E-state index < -0.39 is 6.10 Å². The largest absolute Gasteiger partial charge is 0.497 e. The van der Waals surface area contributed by atoms with Gasteiger partial charge in [-0.05, 0) is 17.7 Å². The van der Waals surface area contributed by atoms with E-state index in [-0.39, 0.29) is 6.61 Å². The number of methoxy groups -OCH3 is 1. The summed E-state index contributed by atoms with van der Waals surface area (Å²) >= 11 is 0. The number of hydrogen-bond donors (Lipinski definition) is 1. The molecule has 1 saturated heterocycles. The monoisotopic (exact) mass is 356 g/mol. The van der Waals surface area contributed by atoms with Gasteiger partial charge in [-0.2, -0.15) is 0 Å². The molecule has 1 heterocycles. The Balaban J connectivity index is 1.37. The van der Waals surface area contributed by atoms with E-state index in [2.05, 4.69) is 40.1 Å². The molecule has 0 amide bonds. The number of ether oxygens (including phenoxy) is 2. The van der Waals surface area contributed by atoms with Crippen molar-refractivity contribution in [3.05, 3.63) is 60.2 Å². The molecule has 0 unspecified atom stereocenters. The number of piperazine rings is 1. The van der Waals surface area contributed by atoms with Gasteiger partial charge in [0.2, 0.25) is 0 Å². The SMILES string of the molecule is COc1cccc(OC[C@H](O)CN2CCN(Cc3ccccc3)CC2)c1. The summed E-state index contributed by atoms with van der Waals surface area (Å²) in [7, 11) is 1.63. The van der Waals surface area contributed by atoms with Crippen molar-refractivity contribution in [2.24, 2.45) is 0 Å². The molecule has 0 aromatic heterocycles. The second-order valence-electron chi connectivity index (χ2n) is 6.71. The quantitative estimate of drug-likeness (QED) is 0.786. The Morgan fingerprint density at radius 2 is 1.62 bits per heavy atom. The Kier molecular flexibility index (Phi) is 6.89. The van der Waals surface area contributed by atoms with E-state index in [1.807, 2.05) is 24.3 Å². The zero-order chi connectivity index (χ0) is 18.2. The van der Waals surface area contributed by atoms with Gasteiger partial charge in [0.15, 0.2) is 0 Å². The third-order valence-electron chi connectivity index (χ3n) is 4.67. The third-order valence-corrected chi connectivity index (χ3v) is 4.67. The minimum Gasteiger partial charge on any atom is -0.497 e. The molecule has 1 aliphatic heterocycles. The summed E-state index contributed by atoms with van der Waals surface area (Å²) < 4.78 is 10.9. The molecule has 0 radical (unpaired) electrons. The Hall–Kier alpha value is -2.08. The average molecular weight is 356 g/mol. The average Bonchev–Trinajstić information content (AvgIpc) is 2.69. The molecule has 1 N–H and O–H groups in total. The fourth-order valence-electron chi connectivity index (χ4n) is 3.21. The summed E-state index contributed by atoms with van der Waals surface area (Å²) in [6.45, 7) is 5.93. The summed E-state index contributed by atoms with van der Waals surface area (Å²) in [6, 6.07) is 18.0. The highest BCUT2D eigenvalue weighted by Gasteiger charge is 2.19. The normalized spacial score (nSPS) is 17.0. The van der Waals surface area contributed by atoms with Crippen molar-refractivity contribution in [3.8, 4) is 11.5 Å². The van der Waals surface area contributed by atoms with Crippen LogP contribution in [0.15, 0.2) is 54.6 Å². The number of β-amino-alcohol motifs (C(OH)–C–C–N with tert-alkyl or cyclic N) is 1. The van der Waals surface area contributed by atoms with Gasteiger partial charge in [-0.1, -0.05) is 36.4 Å². The van der Waals surface area contributed by atoms with Crippen molar-refractivity contribution >= 4 is 0 Å². The van der Waals surface area contributed by atoms with Crippen molar-refractivity contribution in [2.45, 2.75) is 12.6 Å². The van der Waals surface area contributed by atoms with Gasteiger partial charge in [-0.15, -0.1) is 0 Å². The molecule has 26 heavy (non-hydrogen) atoms. The van der Waals surface area contributed by atoms with Crippen molar-refractivity contribution in [2.75, 3.05) is 46.4 Å². The molecule has 5 nitrogen and oxygen atoms in total. The fourth-order valence-corrected chi connectivity index (χ4v) is 3.21. The van der Waals surface area contributed by atoms with Gasteiger partial charge in [0.1, 0.15) is 24.2 Å². The summed E-state index contributed by atoms with van der Waals surface area (Å²) in [4.78, 5) is 4.77. The molecule has 140 valence electrons. The van der Waals surface area contributed by atoms with Crippen LogP contribution in [0.2, 0.25) is 0 Å². The molecule has 2 aromatic carbocycles. The first kappa shape index (κ1) is 18.7. The van der Waals surface area contributed by atoms with Crippen molar-refractivity contribution in [1.82, 2.24) is 9.80 Å². The van der Waals surface area contributed by atoms with Gasteiger partial charge in [0.05, 0.1) is 7.11 Å². The van der Waals surface area contributed by atoms with E-state index in [9.17, 15) is 5.11 Å². The van der Waals surface area contributed by atoms with Crippen molar-refractivity contribution < 1.29 is 14.6 Å². The second kappa shape index (κ2) is 9.57. The fraction of sp³-hybridized carbons (Fsp3) is 0.429. The first-order valence-corrected chi connectivity index (χ1v) is 9.16. The van der Waals surface area contributed by atoms with Crippen LogP contribution < -0.4 is 9.47 Å². The lowest BCUT2D eigenvalue weighted by Crippen LogP contribution is -2.48. The molecule has 0 aliphatic carbocycles. The van der Waals surface area contributed by atoms with Crippen molar-refractivity contribution in [3.63, 3.8) is 0 Å². The van der Waals surface area contributed by atoms with Gasteiger partial charge < -0.3 is 14.6 Å². The van der Waals surface area contributed by atoms with E-state index in [0.717, 1.165) is 44.2 Å².